The minimum absolute atomic E-state index is 0.00149. The smallest absolute Gasteiger partial charge is 0.151 e. The molecule has 1 aromatic rings. The van der Waals surface area contributed by atoms with E-state index in [1.165, 1.54) is 90.0 Å². The van der Waals surface area contributed by atoms with Gasteiger partial charge < -0.3 is 19.6 Å². The van der Waals surface area contributed by atoms with E-state index >= 15 is 0 Å². The van der Waals surface area contributed by atoms with Crippen molar-refractivity contribution in [3.05, 3.63) is 103 Å². The van der Waals surface area contributed by atoms with Crippen LogP contribution in [0.2, 0.25) is 0 Å². The standard InChI is InChI=1S/C69H116N2O3S3.C2H6S/c1-19-21-23-30-47-70(17)64(57(10)66(73)71(48-31-24-22-20-2)58(43-49-72)38-28-29-44-67(11,12)13)62(75)40-33-39-59-50-60-65(77-59)56(9)61(51-63(76-18)68(14,15)16)74-69(60,46-42-55(8)37-32-35-53(5)6)45-41-54(7)36-27-25-26-34-52(3)4;1-3-2/h28-29,33,38-40,43-44,49-55,66,73,75H,19-27,30-32,34-37,41-42,45-48H2,1-18H3;1-2H3/b38-28+,39-33+,44-29+,58-43+,62-40-,63-51-,64-57+;. The lowest BCUT2D eigenvalue weighted by atomic mass is 9.78. The lowest BCUT2D eigenvalue weighted by Gasteiger charge is -2.41. The molecule has 2 heterocycles. The van der Waals surface area contributed by atoms with Gasteiger partial charge in [-0.2, -0.15) is 11.8 Å². The van der Waals surface area contributed by atoms with Gasteiger partial charge in [0.25, 0.3) is 0 Å². The summed E-state index contributed by atoms with van der Waals surface area (Å²) < 4.78 is 7.67. The van der Waals surface area contributed by atoms with Crippen molar-refractivity contribution in [2.45, 2.75) is 251 Å². The van der Waals surface area contributed by atoms with E-state index in [-0.39, 0.29) is 10.8 Å². The summed E-state index contributed by atoms with van der Waals surface area (Å²) in [5, 5.41) is 12.5. The molecule has 0 spiro atoms. The van der Waals surface area contributed by atoms with Crippen LogP contribution < -0.4 is 0 Å². The molecule has 9 heteroatoms. The Hall–Kier alpha value is -2.30. The van der Waals surface area contributed by atoms with Crippen molar-refractivity contribution in [3.8, 4) is 0 Å². The summed E-state index contributed by atoms with van der Waals surface area (Å²) in [4.78, 5) is 21.2. The van der Waals surface area contributed by atoms with Crippen molar-refractivity contribution in [2.24, 2.45) is 34.5 Å². The molecule has 2 rings (SSSR count). The highest BCUT2D eigenvalue weighted by molar-refractivity contribution is 8.02. The number of rotatable bonds is 38. The first-order valence-electron chi connectivity index (χ1n) is 31.4. The summed E-state index contributed by atoms with van der Waals surface area (Å²) in [5.74, 6) is 3.79. The van der Waals surface area contributed by atoms with Gasteiger partial charge in [0.05, 0.1) is 5.70 Å². The molecule has 0 saturated heterocycles. The molecule has 0 amide bonds. The molecule has 5 nitrogen and oxygen atoms in total. The van der Waals surface area contributed by atoms with Gasteiger partial charge in [0, 0.05) is 57.7 Å². The largest absolute Gasteiger partial charge is 0.482 e. The number of carbonyl (C=O) groups is 1. The maximum absolute atomic E-state index is 12.5. The van der Waals surface area contributed by atoms with Gasteiger partial charge in [-0.1, -0.05) is 211 Å². The number of unbranched alkanes of at least 4 members (excludes halogenated alkanes) is 8. The van der Waals surface area contributed by atoms with Crippen LogP contribution in [-0.2, 0) is 15.1 Å². The van der Waals surface area contributed by atoms with Gasteiger partial charge in [0.1, 0.15) is 17.6 Å². The molecular formula is C71H122N2O3S4. The minimum Gasteiger partial charge on any atom is -0.482 e. The SMILES string of the molecule is CCCCCCN(C)C(/C(S)=C/C=C/c1cc2c(s1)C(C)=C(/C=C(\SC)C(C)(C)C)OC2(CCC(C)CCCCCC(C)C)CCC(C)CCCC(C)C)=C(\C)C(O)N(CCCCCC)C(/C=C/C=C/C(C)(C)C)=C/C=O.CSC. The van der Waals surface area contributed by atoms with E-state index in [2.05, 4.69) is 159 Å². The van der Waals surface area contributed by atoms with E-state index in [0.29, 0.717) is 24.1 Å². The summed E-state index contributed by atoms with van der Waals surface area (Å²) in [6.07, 6.45) is 48.2. The number of thiol groups is 1. The molecule has 0 saturated carbocycles. The number of likely N-dealkylation sites (N-methyl/N-ethyl adjacent to an activating group) is 1. The lowest BCUT2D eigenvalue weighted by molar-refractivity contribution is -0.104. The number of aliphatic hydroxyl groups is 1. The highest BCUT2D eigenvalue weighted by Crippen LogP contribution is 2.52. The van der Waals surface area contributed by atoms with Crippen molar-refractivity contribution in [1.29, 1.82) is 0 Å². The van der Waals surface area contributed by atoms with Crippen LogP contribution in [0.5, 0.6) is 0 Å². The Bertz CT molecular complexity index is 2140. The highest BCUT2D eigenvalue weighted by Gasteiger charge is 2.42. The summed E-state index contributed by atoms with van der Waals surface area (Å²) >= 11 is 10.8. The topological polar surface area (TPSA) is 53.0 Å². The quantitative estimate of drug-likeness (QED) is 0.0171. The molecule has 1 aliphatic heterocycles. The number of hydrogen-bond donors (Lipinski definition) is 2. The third kappa shape index (κ3) is 29.5. The van der Waals surface area contributed by atoms with Crippen molar-refractivity contribution in [1.82, 2.24) is 9.80 Å². The van der Waals surface area contributed by atoms with Crippen molar-refractivity contribution >= 4 is 65.4 Å². The Morgan fingerprint density at radius 1 is 0.762 bits per heavy atom. The molecule has 1 aliphatic rings. The van der Waals surface area contributed by atoms with Gasteiger partial charge in [0.2, 0.25) is 0 Å². The van der Waals surface area contributed by atoms with Crippen LogP contribution in [0.3, 0.4) is 0 Å². The van der Waals surface area contributed by atoms with Gasteiger partial charge in [0.15, 0.2) is 6.23 Å². The zero-order valence-corrected chi connectivity index (χ0v) is 58.5. The van der Waals surface area contributed by atoms with Crippen LogP contribution in [0, 0.1) is 34.5 Å². The van der Waals surface area contributed by atoms with Crippen molar-refractivity contribution in [2.75, 3.05) is 38.9 Å². The van der Waals surface area contributed by atoms with Crippen LogP contribution in [0.1, 0.15) is 255 Å². The fourth-order valence-corrected chi connectivity index (χ4v) is 12.9. The normalized spacial score (nSPS) is 17.3. The molecule has 458 valence electrons. The first kappa shape index (κ1) is 75.7. The Morgan fingerprint density at radius 2 is 1.31 bits per heavy atom. The number of aliphatic hydroxyl groups excluding tert-OH is 1. The summed E-state index contributed by atoms with van der Waals surface area (Å²) in [5.41, 5.74) is 4.60. The minimum atomic E-state index is -0.975. The average molecular weight is 1180 g/mol. The summed E-state index contributed by atoms with van der Waals surface area (Å²) in [6.45, 7) is 38.0. The molecular weight excluding hydrogens is 1060 g/mol. The molecule has 1 aromatic heterocycles. The second-order valence-electron chi connectivity index (χ2n) is 26.4. The molecule has 4 atom stereocenters. The molecule has 0 radical (unpaired) electrons. The number of aldehydes is 1. The second kappa shape index (κ2) is 40.9. The predicted octanol–water partition coefficient (Wildman–Crippen LogP) is 22.3. The second-order valence-corrected chi connectivity index (χ2v) is 29.6. The Labute approximate surface area is 513 Å². The number of carbonyl (C=O) groups excluding carboxylic acids is 1. The molecule has 0 bridgehead atoms. The Morgan fingerprint density at radius 3 is 1.85 bits per heavy atom. The zero-order valence-electron chi connectivity index (χ0n) is 55.1. The third-order valence-electron chi connectivity index (χ3n) is 15.4. The number of fused-ring (bicyclic) bond motifs is 1. The first-order valence-corrected chi connectivity index (χ1v) is 35.5. The Balaban J connectivity index is 0.0000104. The van der Waals surface area contributed by atoms with Crippen LogP contribution in [0.4, 0.5) is 0 Å². The third-order valence-corrected chi connectivity index (χ3v) is 18.1. The van der Waals surface area contributed by atoms with E-state index in [0.717, 1.165) is 111 Å². The number of hydrogen-bond acceptors (Lipinski definition) is 9. The van der Waals surface area contributed by atoms with Crippen LogP contribution in [0.15, 0.2) is 87.2 Å². The maximum atomic E-state index is 12.5. The summed E-state index contributed by atoms with van der Waals surface area (Å²) in [7, 11) is 2.13. The number of nitrogens with zero attached hydrogens (tertiary/aromatic N) is 2. The van der Waals surface area contributed by atoms with E-state index in [1.807, 2.05) is 65.7 Å². The van der Waals surface area contributed by atoms with Crippen LogP contribution in [-0.4, -0.2) is 66.3 Å². The highest BCUT2D eigenvalue weighted by atomic mass is 32.2. The van der Waals surface area contributed by atoms with Crippen LogP contribution in [0.25, 0.3) is 11.6 Å². The van der Waals surface area contributed by atoms with Crippen molar-refractivity contribution < 1.29 is 14.6 Å². The fourth-order valence-electron chi connectivity index (χ4n) is 10.4. The molecule has 0 fully saturated rings. The molecule has 4 unspecified atom stereocenters. The van der Waals surface area contributed by atoms with Crippen molar-refractivity contribution in [3.63, 3.8) is 0 Å². The number of allylic oxidation sites excluding steroid dienone is 10. The molecule has 1 N–H and O–H groups in total. The number of thioether (sulfide) groups is 2. The maximum Gasteiger partial charge on any atom is 0.151 e. The van der Waals surface area contributed by atoms with Gasteiger partial charge in [-0.3, -0.25) is 4.79 Å². The zero-order chi connectivity index (χ0) is 60.5. The molecule has 0 aromatic carbocycles. The van der Waals surface area contributed by atoms with E-state index in [4.69, 9.17) is 17.4 Å². The molecule has 80 heavy (non-hydrogen) atoms. The average Bonchev–Trinajstić information content (AvgIpc) is 3.83. The Kier molecular flexibility index (Phi) is 38.7. The number of thiophene rings is 1. The van der Waals surface area contributed by atoms with E-state index in [1.54, 1.807) is 17.8 Å². The van der Waals surface area contributed by atoms with E-state index < -0.39 is 11.8 Å². The van der Waals surface area contributed by atoms with Gasteiger partial charge in [-0.15, -0.1) is 35.7 Å². The van der Waals surface area contributed by atoms with Gasteiger partial charge >= 0.3 is 0 Å². The van der Waals surface area contributed by atoms with E-state index in [9.17, 15) is 9.90 Å². The summed E-state index contributed by atoms with van der Waals surface area (Å²) in [6, 6.07) is 2.46. The lowest BCUT2D eigenvalue weighted by Crippen LogP contribution is -2.38. The monoisotopic (exact) mass is 1180 g/mol. The van der Waals surface area contributed by atoms with Gasteiger partial charge in [-0.25, -0.2) is 0 Å². The number of ether oxygens (including phenoxy) is 1. The first-order chi connectivity index (χ1) is 37.8. The van der Waals surface area contributed by atoms with Crippen LogP contribution >= 0.6 is 47.5 Å². The van der Waals surface area contributed by atoms with Gasteiger partial charge in [-0.05, 0) is 146 Å². The molecule has 0 aliphatic carbocycles. The fraction of sp³-hybridized carbons (Fsp3) is 0.704. The predicted molar refractivity (Wildman–Crippen MR) is 368 cm³/mol.